The van der Waals surface area contributed by atoms with Crippen LogP contribution in [0, 0.1) is 6.92 Å². The van der Waals surface area contributed by atoms with Gasteiger partial charge in [0.1, 0.15) is 0 Å². The number of nitrogens with zero attached hydrogens (tertiary/aromatic N) is 3. The summed E-state index contributed by atoms with van der Waals surface area (Å²) in [6.07, 6.45) is 1.18. The summed E-state index contributed by atoms with van der Waals surface area (Å²) in [5, 5.41) is 12.2. The van der Waals surface area contributed by atoms with Gasteiger partial charge < -0.3 is 15.8 Å². The van der Waals surface area contributed by atoms with E-state index < -0.39 is 0 Å². The van der Waals surface area contributed by atoms with Crippen LogP contribution in [0.5, 0.6) is 0 Å². The zero-order valence-electron chi connectivity index (χ0n) is 13.2. The Bertz CT molecular complexity index is 507. The van der Waals surface area contributed by atoms with Crippen LogP contribution in [0.25, 0.3) is 0 Å². The summed E-state index contributed by atoms with van der Waals surface area (Å²) in [6, 6.07) is 6.76. The van der Waals surface area contributed by atoms with Gasteiger partial charge in [0.15, 0.2) is 5.84 Å². The summed E-state index contributed by atoms with van der Waals surface area (Å²) in [5.74, 6) is 0.179. The summed E-state index contributed by atoms with van der Waals surface area (Å²) in [4.78, 5) is 4.85. The number of rotatable bonds is 4. The van der Waals surface area contributed by atoms with Gasteiger partial charge in [-0.1, -0.05) is 23.7 Å². The Hall–Kier alpha value is -1.75. The molecule has 1 aromatic rings. The van der Waals surface area contributed by atoms with Crippen LogP contribution in [-0.2, 0) is 0 Å². The molecule has 21 heavy (non-hydrogen) atoms. The summed E-state index contributed by atoms with van der Waals surface area (Å²) in [5.41, 5.74) is 8.81. The molecule has 0 aromatic heterocycles. The Labute approximate surface area is 127 Å². The first-order chi connectivity index (χ1) is 10.1. The molecule has 1 unspecified atom stereocenters. The van der Waals surface area contributed by atoms with Crippen molar-refractivity contribution < 1.29 is 5.21 Å². The number of nitrogens with two attached hydrogens (primary N) is 1. The van der Waals surface area contributed by atoms with E-state index in [9.17, 15) is 0 Å². The molecule has 1 fully saturated rings. The lowest BCUT2D eigenvalue weighted by atomic mass is 10.1. The Morgan fingerprint density at radius 2 is 2.00 bits per heavy atom. The van der Waals surface area contributed by atoms with E-state index in [-0.39, 0.29) is 5.84 Å². The van der Waals surface area contributed by atoms with Gasteiger partial charge in [0.2, 0.25) is 0 Å². The normalized spacial score (nSPS) is 18.8. The topological polar surface area (TPSA) is 65.1 Å². The molecular formula is C16H26N4O. The largest absolute Gasteiger partial charge is 0.409 e. The van der Waals surface area contributed by atoms with Crippen LogP contribution in [0.1, 0.15) is 31.4 Å². The number of oxime groups is 1. The van der Waals surface area contributed by atoms with Gasteiger partial charge in [0, 0.05) is 43.5 Å². The fourth-order valence-electron chi connectivity index (χ4n) is 2.85. The Kier molecular flexibility index (Phi) is 5.07. The lowest BCUT2D eigenvalue weighted by Gasteiger charge is -2.39. The quantitative estimate of drug-likeness (QED) is 0.385. The fourth-order valence-corrected chi connectivity index (χ4v) is 2.85. The van der Waals surface area contributed by atoms with Crippen LogP contribution in [0.3, 0.4) is 0 Å². The third kappa shape index (κ3) is 3.47. The minimum Gasteiger partial charge on any atom is -0.409 e. The van der Waals surface area contributed by atoms with Crippen molar-refractivity contribution in [1.82, 2.24) is 4.90 Å². The second-order valence-corrected chi connectivity index (χ2v) is 5.79. The van der Waals surface area contributed by atoms with Gasteiger partial charge in [-0.15, -0.1) is 0 Å². The van der Waals surface area contributed by atoms with E-state index in [2.05, 4.69) is 40.9 Å². The van der Waals surface area contributed by atoms with E-state index in [0.717, 1.165) is 43.0 Å². The average Bonchev–Trinajstić information content (AvgIpc) is 2.53. The van der Waals surface area contributed by atoms with Crippen LogP contribution in [0.15, 0.2) is 23.4 Å². The van der Waals surface area contributed by atoms with Crippen molar-refractivity contribution in [2.75, 3.05) is 31.1 Å². The maximum absolute atomic E-state index is 8.98. The van der Waals surface area contributed by atoms with Crippen molar-refractivity contribution in [3.63, 3.8) is 0 Å². The van der Waals surface area contributed by atoms with Gasteiger partial charge in [-0.3, -0.25) is 4.90 Å². The lowest BCUT2D eigenvalue weighted by molar-refractivity contribution is 0.193. The first kappa shape index (κ1) is 15.6. The maximum atomic E-state index is 8.98. The monoisotopic (exact) mass is 290 g/mol. The van der Waals surface area contributed by atoms with Crippen LogP contribution in [0.4, 0.5) is 5.69 Å². The molecule has 3 N–H and O–H groups in total. The molecule has 1 heterocycles. The van der Waals surface area contributed by atoms with E-state index in [1.54, 1.807) is 0 Å². The zero-order valence-corrected chi connectivity index (χ0v) is 13.2. The molecule has 0 amide bonds. The van der Waals surface area contributed by atoms with E-state index in [4.69, 9.17) is 10.9 Å². The molecule has 2 rings (SSSR count). The molecular weight excluding hydrogens is 264 g/mol. The highest BCUT2D eigenvalue weighted by molar-refractivity contribution is 6.02. The first-order valence-electron chi connectivity index (χ1n) is 7.64. The molecule has 0 bridgehead atoms. The summed E-state index contributed by atoms with van der Waals surface area (Å²) < 4.78 is 0. The molecule has 1 atom stereocenters. The average molecular weight is 290 g/mol. The minimum absolute atomic E-state index is 0.179. The van der Waals surface area contributed by atoms with Crippen LogP contribution in [0.2, 0.25) is 0 Å². The van der Waals surface area contributed by atoms with E-state index >= 15 is 0 Å². The number of benzene rings is 1. The molecule has 0 saturated carbocycles. The highest BCUT2D eigenvalue weighted by atomic mass is 16.4. The molecule has 1 saturated heterocycles. The zero-order chi connectivity index (χ0) is 15.4. The molecule has 5 nitrogen and oxygen atoms in total. The van der Waals surface area contributed by atoms with Gasteiger partial charge in [0.05, 0.1) is 0 Å². The third-order valence-electron chi connectivity index (χ3n) is 4.40. The molecule has 1 aromatic carbocycles. The van der Waals surface area contributed by atoms with Gasteiger partial charge in [0.25, 0.3) is 0 Å². The first-order valence-corrected chi connectivity index (χ1v) is 7.64. The molecule has 0 radical (unpaired) electrons. The maximum Gasteiger partial charge on any atom is 0.172 e. The Morgan fingerprint density at radius 1 is 1.33 bits per heavy atom. The smallest absolute Gasteiger partial charge is 0.172 e. The third-order valence-corrected chi connectivity index (χ3v) is 4.40. The Morgan fingerprint density at radius 3 is 2.57 bits per heavy atom. The van der Waals surface area contributed by atoms with Gasteiger partial charge >= 0.3 is 0 Å². The van der Waals surface area contributed by atoms with Crippen LogP contribution < -0.4 is 10.6 Å². The molecule has 1 aliphatic rings. The molecule has 116 valence electrons. The van der Waals surface area contributed by atoms with Gasteiger partial charge in [-0.05, 0) is 32.4 Å². The summed E-state index contributed by atoms with van der Waals surface area (Å²) in [7, 11) is 0. The summed E-state index contributed by atoms with van der Waals surface area (Å²) in [6.45, 7) is 10.6. The van der Waals surface area contributed by atoms with Crippen LogP contribution >= 0.6 is 0 Å². The van der Waals surface area contributed by atoms with Crippen molar-refractivity contribution in [3.05, 3.63) is 29.3 Å². The van der Waals surface area contributed by atoms with Crippen molar-refractivity contribution in [3.8, 4) is 0 Å². The molecule has 1 aliphatic heterocycles. The highest BCUT2D eigenvalue weighted by Crippen LogP contribution is 2.24. The SMILES string of the molecule is CCC(C)N1CCN(c2ccc(C)cc2/C(N)=N/O)CC1. The van der Waals surface area contributed by atoms with E-state index in [0.29, 0.717) is 6.04 Å². The predicted molar refractivity (Wildman–Crippen MR) is 87.2 cm³/mol. The highest BCUT2D eigenvalue weighted by Gasteiger charge is 2.22. The van der Waals surface area contributed by atoms with E-state index in [1.165, 1.54) is 6.42 Å². The number of piperazine rings is 1. The minimum atomic E-state index is 0.179. The lowest BCUT2D eigenvalue weighted by Crippen LogP contribution is -2.49. The second-order valence-electron chi connectivity index (χ2n) is 5.79. The fraction of sp³-hybridized carbons (Fsp3) is 0.562. The van der Waals surface area contributed by atoms with Gasteiger partial charge in [-0.25, -0.2) is 0 Å². The van der Waals surface area contributed by atoms with Crippen molar-refractivity contribution in [2.24, 2.45) is 10.9 Å². The van der Waals surface area contributed by atoms with Crippen LogP contribution in [-0.4, -0.2) is 48.2 Å². The second kappa shape index (κ2) is 6.80. The summed E-state index contributed by atoms with van der Waals surface area (Å²) >= 11 is 0. The number of amidine groups is 1. The number of aryl methyl sites for hydroxylation is 1. The Balaban J connectivity index is 2.17. The standard InChI is InChI=1S/C16H26N4O/c1-4-13(3)19-7-9-20(10-8-19)15-6-5-12(2)11-14(15)16(17)18-21/h5-6,11,13,21H,4,7-10H2,1-3H3,(H2,17,18). The molecule has 5 heteroatoms. The van der Waals surface area contributed by atoms with Crippen molar-refractivity contribution >= 4 is 11.5 Å². The molecule has 0 aliphatic carbocycles. The number of anilines is 1. The van der Waals surface area contributed by atoms with E-state index in [1.807, 2.05) is 13.0 Å². The van der Waals surface area contributed by atoms with Crippen molar-refractivity contribution in [2.45, 2.75) is 33.2 Å². The number of hydrogen-bond acceptors (Lipinski definition) is 4. The van der Waals surface area contributed by atoms with Crippen molar-refractivity contribution in [1.29, 1.82) is 0 Å². The number of hydrogen-bond donors (Lipinski definition) is 2. The predicted octanol–water partition coefficient (Wildman–Crippen LogP) is 2.01. The van der Waals surface area contributed by atoms with Gasteiger partial charge in [-0.2, -0.15) is 0 Å². The molecule has 0 spiro atoms.